The van der Waals surface area contributed by atoms with E-state index in [1.165, 1.54) is 29.5 Å². The van der Waals surface area contributed by atoms with E-state index in [9.17, 15) is 9.18 Å². The topological polar surface area (TPSA) is 57.1 Å². The summed E-state index contributed by atoms with van der Waals surface area (Å²) in [6.07, 6.45) is -0.550. The second-order valence-electron chi connectivity index (χ2n) is 7.40. The Morgan fingerprint density at radius 2 is 1.77 bits per heavy atom. The number of carbonyl (C=O) groups excluding carboxylic acids is 1. The largest absolute Gasteiger partial charge is 0.298 e. The molecule has 0 saturated carbocycles. The molecule has 0 saturated heterocycles. The number of carbonyl (C=O) groups is 1. The van der Waals surface area contributed by atoms with Crippen molar-refractivity contribution in [2.24, 2.45) is 10.1 Å². The number of nitrogens with zero attached hydrogens (tertiary/aromatic N) is 3. The second-order valence-corrected chi connectivity index (χ2v) is 8.36. The lowest BCUT2D eigenvalue weighted by Gasteiger charge is -2.34. The highest BCUT2D eigenvalue weighted by atomic mass is 32.2. The van der Waals surface area contributed by atoms with Gasteiger partial charge in [-0.25, -0.2) is 9.40 Å². The van der Waals surface area contributed by atoms with Crippen LogP contribution < -0.4 is 15.9 Å². The van der Waals surface area contributed by atoms with Gasteiger partial charge in [-0.3, -0.25) is 15.1 Å². The van der Waals surface area contributed by atoms with Crippen LogP contribution in [0.4, 0.5) is 4.39 Å². The fourth-order valence-corrected chi connectivity index (χ4v) is 4.39. The number of hydrazone groups is 1. The Morgan fingerprint density at radius 1 is 1.03 bits per heavy atom. The van der Waals surface area contributed by atoms with E-state index < -0.39 is 6.17 Å². The minimum atomic E-state index is -0.550. The van der Waals surface area contributed by atoms with Crippen molar-refractivity contribution >= 4 is 28.5 Å². The van der Waals surface area contributed by atoms with Gasteiger partial charge in [0.2, 0.25) is 0 Å². The number of para-hydroxylation sites is 1. The quantitative estimate of drug-likeness (QED) is 0.694. The molecule has 0 fully saturated rings. The monoisotopic (exact) mass is 430 g/mol. The van der Waals surface area contributed by atoms with Crippen LogP contribution >= 0.6 is 11.8 Å². The molecule has 31 heavy (non-hydrogen) atoms. The molecule has 5 rings (SSSR count). The first-order valence-electron chi connectivity index (χ1n) is 9.89. The number of nitrogens with one attached hydrogen (secondary N) is 1. The molecule has 0 aliphatic carbocycles. The molecule has 5 nitrogen and oxygen atoms in total. The van der Waals surface area contributed by atoms with Gasteiger partial charge >= 0.3 is 0 Å². The van der Waals surface area contributed by atoms with E-state index in [4.69, 9.17) is 10.1 Å². The van der Waals surface area contributed by atoms with Crippen molar-refractivity contribution < 1.29 is 9.18 Å². The Morgan fingerprint density at radius 3 is 2.55 bits per heavy atom. The average Bonchev–Trinajstić information content (AvgIpc) is 2.78. The average molecular weight is 431 g/mol. The van der Waals surface area contributed by atoms with E-state index >= 15 is 0 Å². The van der Waals surface area contributed by atoms with Gasteiger partial charge in [0, 0.05) is 11.0 Å². The highest BCUT2D eigenvalue weighted by molar-refractivity contribution is 8.13. The fraction of sp³-hybridized carbons (Fsp3) is 0.125. The van der Waals surface area contributed by atoms with Gasteiger partial charge in [0.05, 0.1) is 5.36 Å². The minimum Gasteiger partial charge on any atom is -0.298 e. The number of thioether (sulfide) groups is 1. The Hall–Kier alpha value is -3.45. The molecule has 1 amide bonds. The lowest BCUT2D eigenvalue weighted by atomic mass is 10.1. The highest BCUT2D eigenvalue weighted by Crippen LogP contribution is 2.31. The minimum absolute atomic E-state index is 0.226. The van der Waals surface area contributed by atoms with Gasteiger partial charge in [0.25, 0.3) is 5.91 Å². The molecule has 2 heterocycles. The molecule has 7 heteroatoms. The zero-order valence-electron chi connectivity index (χ0n) is 16.7. The van der Waals surface area contributed by atoms with Gasteiger partial charge in [-0.2, -0.15) is 0 Å². The molecule has 0 spiro atoms. The van der Waals surface area contributed by atoms with Crippen LogP contribution in [0, 0.1) is 12.7 Å². The summed E-state index contributed by atoms with van der Waals surface area (Å²) in [5.41, 5.74) is 3.55. The number of amides is 1. The Labute approximate surface area is 183 Å². The molecule has 0 radical (unpaired) electrons. The first kappa shape index (κ1) is 19.5. The van der Waals surface area contributed by atoms with Crippen LogP contribution in [0.3, 0.4) is 0 Å². The molecule has 0 bridgehead atoms. The standard InChI is InChI=1S/C24H19FN4OS/c1-15-6-8-16(9-7-15)14-31-24-27-23(30)21-19-4-2-3-5-20(19)26-22(29(21)28-24)17-10-12-18(25)13-11-17/h2-13,22H,14H2,1H3,(H,27,28,30)/t22-/m1/s1. The molecule has 3 aromatic rings. The summed E-state index contributed by atoms with van der Waals surface area (Å²) >= 11 is 1.46. The molecule has 1 atom stereocenters. The van der Waals surface area contributed by atoms with Crippen LogP contribution in [0.1, 0.15) is 22.9 Å². The number of rotatable bonds is 3. The van der Waals surface area contributed by atoms with Crippen molar-refractivity contribution in [2.75, 3.05) is 0 Å². The van der Waals surface area contributed by atoms with Crippen molar-refractivity contribution in [3.05, 3.63) is 106 Å². The third-order valence-electron chi connectivity index (χ3n) is 5.18. The van der Waals surface area contributed by atoms with Gasteiger partial charge in [-0.05, 0) is 36.2 Å². The molecule has 2 aliphatic rings. The van der Waals surface area contributed by atoms with Crippen LogP contribution in [0.2, 0.25) is 0 Å². The summed E-state index contributed by atoms with van der Waals surface area (Å²) in [6.45, 7) is 2.05. The van der Waals surface area contributed by atoms with Crippen LogP contribution in [-0.2, 0) is 10.5 Å². The Balaban J connectivity index is 1.54. The number of halogens is 1. The lowest BCUT2D eigenvalue weighted by molar-refractivity contribution is -0.116. The smallest absolute Gasteiger partial charge is 0.276 e. The number of amidine groups is 1. The maximum atomic E-state index is 13.5. The number of benzene rings is 3. The van der Waals surface area contributed by atoms with Gasteiger partial charge in [0.1, 0.15) is 11.5 Å². The van der Waals surface area contributed by atoms with Crippen LogP contribution in [0.5, 0.6) is 0 Å². The third kappa shape index (κ3) is 3.84. The predicted molar refractivity (Wildman–Crippen MR) is 120 cm³/mol. The summed E-state index contributed by atoms with van der Waals surface area (Å²) in [4.78, 5) is 17.9. The van der Waals surface area contributed by atoms with Gasteiger partial charge < -0.3 is 0 Å². The zero-order valence-corrected chi connectivity index (χ0v) is 17.6. The summed E-state index contributed by atoms with van der Waals surface area (Å²) in [5, 5.41) is 11.2. The predicted octanol–water partition coefficient (Wildman–Crippen LogP) is 3.21. The number of fused-ring (bicyclic) bond motifs is 2. The van der Waals surface area contributed by atoms with Crippen molar-refractivity contribution in [1.29, 1.82) is 0 Å². The van der Waals surface area contributed by atoms with E-state index in [0.717, 1.165) is 16.3 Å². The van der Waals surface area contributed by atoms with Crippen LogP contribution in [-0.4, -0.2) is 16.1 Å². The number of hydrogen-bond donors (Lipinski definition) is 1. The molecule has 1 N–H and O–H groups in total. The summed E-state index contributed by atoms with van der Waals surface area (Å²) in [6, 6.07) is 21.9. The van der Waals surface area contributed by atoms with Gasteiger partial charge in [0.15, 0.2) is 11.3 Å². The van der Waals surface area contributed by atoms with Gasteiger partial charge in [-0.1, -0.05) is 71.9 Å². The molecular weight excluding hydrogens is 411 g/mol. The maximum Gasteiger partial charge on any atom is 0.276 e. The zero-order chi connectivity index (χ0) is 21.4. The van der Waals surface area contributed by atoms with E-state index in [1.807, 2.05) is 31.2 Å². The Bertz CT molecular complexity index is 1300. The summed E-state index contributed by atoms with van der Waals surface area (Å²) in [7, 11) is 0. The lowest BCUT2D eigenvalue weighted by Crippen LogP contribution is -2.50. The highest BCUT2D eigenvalue weighted by Gasteiger charge is 2.34. The first-order valence-corrected chi connectivity index (χ1v) is 10.9. The van der Waals surface area contributed by atoms with E-state index in [2.05, 4.69) is 29.6 Å². The van der Waals surface area contributed by atoms with E-state index in [1.54, 1.807) is 17.1 Å². The van der Waals surface area contributed by atoms with Crippen molar-refractivity contribution in [1.82, 2.24) is 10.3 Å². The molecular formula is C24H19FN4OS. The molecule has 0 aromatic heterocycles. The fourth-order valence-electron chi connectivity index (χ4n) is 3.58. The van der Waals surface area contributed by atoms with Crippen LogP contribution in [0.15, 0.2) is 82.9 Å². The molecule has 154 valence electrons. The van der Waals surface area contributed by atoms with Crippen molar-refractivity contribution in [3.63, 3.8) is 0 Å². The summed E-state index contributed by atoms with van der Waals surface area (Å²) in [5.74, 6) is 0.131. The number of hydrogen-bond acceptors (Lipinski definition) is 5. The first-order chi connectivity index (χ1) is 15.1. The normalized spacial score (nSPS) is 17.3. The SMILES string of the molecule is Cc1ccc(CSC2=NN3C(=c4ccccc4=N[C@H]3c3ccc(F)cc3)C(=O)N2)cc1. The van der Waals surface area contributed by atoms with Crippen LogP contribution in [0.25, 0.3) is 5.70 Å². The summed E-state index contributed by atoms with van der Waals surface area (Å²) < 4.78 is 13.5. The molecule has 2 aliphatic heterocycles. The number of aryl methyl sites for hydroxylation is 1. The molecule has 3 aromatic carbocycles. The second kappa shape index (κ2) is 8.00. The third-order valence-corrected chi connectivity index (χ3v) is 6.11. The Kier molecular flexibility index (Phi) is 5.03. The maximum absolute atomic E-state index is 13.5. The van der Waals surface area contributed by atoms with Gasteiger partial charge in [-0.15, -0.1) is 5.10 Å². The van der Waals surface area contributed by atoms with E-state index in [-0.39, 0.29) is 11.7 Å². The molecule has 0 unspecified atom stereocenters. The van der Waals surface area contributed by atoms with E-state index in [0.29, 0.717) is 22.0 Å². The van der Waals surface area contributed by atoms with Crippen molar-refractivity contribution in [3.8, 4) is 0 Å². The van der Waals surface area contributed by atoms with Crippen molar-refractivity contribution in [2.45, 2.75) is 18.8 Å².